The minimum Gasteiger partial charge on any atom is -0.369 e. The van der Waals surface area contributed by atoms with E-state index in [1.807, 2.05) is 60.4 Å². The van der Waals surface area contributed by atoms with Crippen molar-refractivity contribution in [3.8, 4) is 0 Å². The third-order valence-corrected chi connectivity index (χ3v) is 6.58. The van der Waals surface area contributed by atoms with Crippen LogP contribution in [0.25, 0.3) is 0 Å². The Morgan fingerprint density at radius 2 is 1.47 bits per heavy atom. The average molecular weight is 477 g/mol. The van der Waals surface area contributed by atoms with Crippen LogP contribution in [-0.2, 0) is 9.53 Å². The fourth-order valence-electron chi connectivity index (χ4n) is 4.21. The fourth-order valence-corrected chi connectivity index (χ4v) is 4.46. The number of benzene rings is 2. The summed E-state index contributed by atoms with van der Waals surface area (Å²) in [4.78, 5) is 17.0. The summed E-state index contributed by atoms with van der Waals surface area (Å²) >= 11 is 12.1. The standard InChI is InChI=1S/C26H34Cl2N2O2/c1-3-5-20(2)26(31)30-17-15-29(16-18-30)14-4-19-32-25(21-6-10-23(27)11-7-21)22-8-12-24(28)13-9-22/h6-13,20,25H,3-5,14-19H2,1-2H3/t20-/m0/s1. The average Bonchev–Trinajstić information content (AvgIpc) is 2.81. The number of hydrogen-bond acceptors (Lipinski definition) is 3. The van der Waals surface area contributed by atoms with Crippen LogP contribution < -0.4 is 0 Å². The number of amides is 1. The van der Waals surface area contributed by atoms with Crippen molar-refractivity contribution in [3.63, 3.8) is 0 Å². The van der Waals surface area contributed by atoms with Gasteiger partial charge in [0.25, 0.3) is 0 Å². The van der Waals surface area contributed by atoms with Gasteiger partial charge in [0, 0.05) is 55.3 Å². The van der Waals surface area contributed by atoms with Crippen LogP contribution in [0.5, 0.6) is 0 Å². The molecule has 0 unspecified atom stereocenters. The summed E-state index contributed by atoms with van der Waals surface area (Å²) in [6.07, 6.45) is 2.82. The second-order valence-corrected chi connectivity index (χ2v) is 9.44. The lowest BCUT2D eigenvalue weighted by Crippen LogP contribution is -2.50. The third kappa shape index (κ3) is 7.21. The van der Waals surface area contributed by atoms with E-state index < -0.39 is 0 Å². The van der Waals surface area contributed by atoms with Gasteiger partial charge >= 0.3 is 0 Å². The van der Waals surface area contributed by atoms with E-state index in [0.717, 1.165) is 63.1 Å². The number of rotatable bonds is 10. The highest BCUT2D eigenvalue weighted by Gasteiger charge is 2.24. The van der Waals surface area contributed by atoms with Gasteiger partial charge in [-0.25, -0.2) is 0 Å². The summed E-state index contributed by atoms with van der Waals surface area (Å²) in [6.45, 7) is 9.33. The second kappa shape index (κ2) is 12.6. The molecule has 1 aliphatic heterocycles. The molecule has 1 aliphatic rings. The van der Waals surface area contributed by atoms with E-state index in [9.17, 15) is 4.79 Å². The summed E-state index contributed by atoms with van der Waals surface area (Å²) in [7, 11) is 0. The van der Waals surface area contributed by atoms with Crippen LogP contribution in [0.2, 0.25) is 10.0 Å². The Morgan fingerprint density at radius 3 is 1.97 bits per heavy atom. The van der Waals surface area contributed by atoms with Crippen molar-refractivity contribution in [2.75, 3.05) is 39.3 Å². The van der Waals surface area contributed by atoms with Crippen LogP contribution in [0.1, 0.15) is 50.3 Å². The molecular formula is C26H34Cl2N2O2. The first-order valence-electron chi connectivity index (χ1n) is 11.6. The quantitative estimate of drug-likeness (QED) is 0.390. The summed E-state index contributed by atoms with van der Waals surface area (Å²) in [6, 6.07) is 15.6. The predicted molar refractivity (Wildman–Crippen MR) is 132 cm³/mol. The van der Waals surface area contributed by atoms with Gasteiger partial charge in [0.2, 0.25) is 5.91 Å². The maximum absolute atomic E-state index is 12.5. The zero-order valence-electron chi connectivity index (χ0n) is 19.1. The maximum atomic E-state index is 12.5. The minimum absolute atomic E-state index is 0.137. The zero-order valence-corrected chi connectivity index (χ0v) is 20.6. The van der Waals surface area contributed by atoms with E-state index in [-0.39, 0.29) is 12.0 Å². The van der Waals surface area contributed by atoms with Gasteiger partial charge in [0.1, 0.15) is 6.10 Å². The smallest absolute Gasteiger partial charge is 0.225 e. The first-order valence-corrected chi connectivity index (χ1v) is 12.4. The number of halogens is 2. The normalized spacial score (nSPS) is 15.8. The Kier molecular flexibility index (Phi) is 9.86. The van der Waals surface area contributed by atoms with E-state index >= 15 is 0 Å². The van der Waals surface area contributed by atoms with Crippen LogP contribution in [0.15, 0.2) is 48.5 Å². The molecule has 2 aromatic carbocycles. The molecule has 1 heterocycles. The molecule has 1 atom stereocenters. The van der Waals surface area contributed by atoms with Crippen molar-refractivity contribution in [2.45, 2.75) is 39.2 Å². The molecule has 32 heavy (non-hydrogen) atoms. The molecule has 4 nitrogen and oxygen atoms in total. The third-order valence-electron chi connectivity index (χ3n) is 6.08. The Bertz CT molecular complexity index is 788. The number of carbonyl (C=O) groups excluding carboxylic acids is 1. The number of ether oxygens (including phenoxy) is 1. The minimum atomic E-state index is -0.154. The topological polar surface area (TPSA) is 32.8 Å². The Morgan fingerprint density at radius 1 is 0.938 bits per heavy atom. The summed E-state index contributed by atoms with van der Waals surface area (Å²) in [5, 5.41) is 1.43. The molecule has 0 spiro atoms. The van der Waals surface area contributed by atoms with Gasteiger partial charge in [-0.2, -0.15) is 0 Å². The highest BCUT2D eigenvalue weighted by atomic mass is 35.5. The van der Waals surface area contributed by atoms with E-state index in [1.165, 1.54) is 0 Å². The highest BCUT2D eigenvalue weighted by Crippen LogP contribution is 2.28. The van der Waals surface area contributed by atoms with Gasteiger partial charge in [0.15, 0.2) is 0 Å². The number of hydrogen-bond donors (Lipinski definition) is 0. The molecular weight excluding hydrogens is 443 g/mol. The predicted octanol–water partition coefficient (Wildman–Crippen LogP) is 6.07. The molecule has 0 aliphatic carbocycles. The zero-order chi connectivity index (χ0) is 22.9. The Balaban J connectivity index is 1.48. The van der Waals surface area contributed by atoms with Gasteiger partial charge in [-0.15, -0.1) is 0 Å². The van der Waals surface area contributed by atoms with Crippen molar-refractivity contribution < 1.29 is 9.53 Å². The molecule has 1 saturated heterocycles. The van der Waals surface area contributed by atoms with Crippen LogP contribution in [0.4, 0.5) is 0 Å². The Hall–Kier alpha value is -1.59. The molecule has 6 heteroatoms. The lowest BCUT2D eigenvalue weighted by atomic mass is 10.0. The number of carbonyl (C=O) groups is 1. The monoisotopic (exact) mass is 476 g/mol. The van der Waals surface area contributed by atoms with Gasteiger partial charge in [-0.3, -0.25) is 9.69 Å². The van der Waals surface area contributed by atoms with Gasteiger partial charge < -0.3 is 9.64 Å². The maximum Gasteiger partial charge on any atom is 0.225 e. The van der Waals surface area contributed by atoms with Crippen molar-refractivity contribution >= 4 is 29.1 Å². The van der Waals surface area contributed by atoms with Crippen molar-refractivity contribution in [1.29, 1.82) is 0 Å². The lowest BCUT2D eigenvalue weighted by Gasteiger charge is -2.36. The summed E-state index contributed by atoms with van der Waals surface area (Å²) < 4.78 is 6.33. The van der Waals surface area contributed by atoms with Crippen molar-refractivity contribution in [1.82, 2.24) is 9.80 Å². The Labute approximate surface area is 202 Å². The molecule has 174 valence electrons. The summed E-state index contributed by atoms with van der Waals surface area (Å²) in [5.74, 6) is 0.446. The van der Waals surface area contributed by atoms with Crippen LogP contribution in [0.3, 0.4) is 0 Å². The van der Waals surface area contributed by atoms with E-state index in [1.54, 1.807) is 0 Å². The first kappa shape index (κ1) is 25.0. The lowest BCUT2D eigenvalue weighted by molar-refractivity contribution is -0.137. The molecule has 2 aromatic rings. The van der Waals surface area contributed by atoms with Gasteiger partial charge in [-0.1, -0.05) is 67.7 Å². The first-order chi connectivity index (χ1) is 15.5. The van der Waals surface area contributed by atoms with E-state index in [2.05, 4.69) is 11.8 Å². The van der Waals surface area contributed by atoms with Crippen molar-refractivity contribution in [3.05, 3.63) is 69.7 Å². The molecule has 1 fully saturated rings. The van der Waals surface area contributed by atoms with Gasteiger partial charge in [-0.05, 0) is 48.2 Å². The molecule has 0 N–H and O–H groups in total. The second-order valence-electron chi connectivity index (χ2n) is 8.56. The van der Waals surface area contributed by atoms with E-state index in [4.69, 9.17) is 27.9 Å². The van der Waals surface area contributed by atoms with Crippen LogP contribution >= 0.6 is 23.2 Å². The van der Waals surface area contributed by atoms with Crippen molar-refractivity contribution in [2.24, 2.45) is 5.92 Å². The van der Waals surface area contributed by atoms with Crippen LogP contribution in [-0.4, -0.2) is 55.0 Å². The summed E-state index contributed by atoms with van der Waals surface area (Å²) in [5.41, 5.74) is 2.15. The highest BCUT2D eigenvalue weighted by molar-refractivity contribution is 6.30. The molecule has 3 rings (SSSR count). The molecule has 0 aromatic heterocycles. The largest absolute Gasteiger partial charge is 0.369 e. The van der Waals surface area contributed by atoms with Crippen LogP contribution in [0, 0.1) is 5.92 Å². The molecule has 0 radical (unpaired) electrons. The van der Waals surface area contributed by atoms with Gasteiger partial charge in [0.05, 0.1) is 0 Å². The molecule has 1 amide bonds. The fraction of sp³-hybridized carbons (Fsp3) is 0.500. The SMILES string of the molecule is CCC[C@H](C)C(=O)N1CCN(CCCOC(c2ccc(Cl)cc2)c2ccc(Cl)cc2)CC1. The van der Waals surface area contributed by atoms with E-state index in [0.29, 0.717) is 22.6 Å². The molecule has 0 bridgehead atoms. The number of piperazine rings is 1. The number of nitrogens with zero attached hydrogens (tertiary/aromatic N) is 2. The molecule has 0 saturated carbocycles.